The van der Waals surface area contributed by atoms with Crippen LogP contribution >= 0.6 is 0 Å². The maximum atomic E-state index is 13.5. The maximum Gasteiger partial charge on any atom is 0.337 e. The van der Waals surface area contributed by atoms with Crippen LogP contribution in [0, 0.1) is 15.5 Å². The second-order valence-electron chi connectivity index (χ2n) is 10.3. The Morgan fingerprint density at radius 2 is 1.85 bits per heavy atom. The van der Waals surface area contributed by atoms with Crippen LogP contribution in [-0.4, -0.2) is 29.6 Å². The lowest BCUT2D eigenvalue weighted by Gasteiger charge is -2.39. The summed E-state index contributed by atoms with van der Waals surface area (Å²) in [5.41, 5.74) is 1.62. The van der Waals surface area contributed by atoms with Gasteiger partial charge in [-0.2, -0.15) is 0 Å². The Bertz CT molecular complexity index is 1160. The standard InChI is InChI=1S/C25H28N2O7/c1-13-21(24(29)34-14-6-4-5-7-14)22(23-16(26-13)10-25(2,3)11-18(23)28)15-8-19-20(33-12-32-19)9-17(15)27(30)31/h8-9,14,22,26H,4-7,10-12H2,1-3H3. The summed E-state index contributed by atoms with van der Waals surface area (Å²) >= 11 is 0. The minimum atomic E-state index is -0.927. The number of nitrogens with zero attached hydrogens (tertiary/aromatic N) is 1. The van der Waals surface area contributed by atoms with Gasteiger partial charge in [-0.05, 0) is 50.5 Å². The Hall–Kier alpha value is -3.36. The molecule has 1 aromatic rings. The van der Waals surface area contributed by atoms with E-state index < -0.39 is 16.8 Å². The van der Waals surface area contributed by atoms with Gasteiger partial charge in [0.15, 0.2) is 17.3 Å². The fourth-order valence-corrected chi connectivity index (χ4v) is 5.58. The highest BCUT2D eigenvalue weighted by molar-refractivity contribution is 6.04. The van der Waals surface area contributed by atoms with Gasteiger partial charge in [0, 0.05) is 29.0 Å². The molecule has 0 bridgehead atoms. The zero-order chi connectivity index (χ0) is 24.2. The molecule has 0 amide bonds. The zero-order valence-corrected chi connectivity index (χ0v) is 19.6. The van der Waals surface area contributed by atoms with E-state index >= 15 is 0 Å². The third kappa shape index (κ3) is 3.82. The van der Waals surface area contributed by atoms with Crippen LogP contribution in [0.4, 0.5) is 5.69 Å². The molecule has 1 fully saturated rings. The predicted molar refractivity (Wildman–Crippen MR) is 121 cm³/mol. The molecule has 2 heterocycles. The highest BCUT2D eigenvalue weighted by Crippen LogP contribution is 2.51. The van der Waals surface area contributed by atoms with Crippen molar-refractivity contribution in [2.75, 3.05) is 6.79 Å². The van der Waals surface area contributed by atoms with E-state index in [1.54, 1.807) is 6.92 Å². The molecule has 2 aliphatic carbocycles. The average molecular weight is 469 g/mol. The number of carbonyl (C=O) groups is 2. The molecule has 1 aromatic carbocycles. The molecule has 0 spiro atoms. The van der Waals surface area contributed by atoms with Crippen molar-refractivity contribution in [3.8, 4) is 11.5 Å². The van der Waals surface area contributed by atoms with Crippen molar-refractivity contribution in [1.29, 1.82) is 0 Å². The van der Waals surface area contributed by atoms with Crippen LogP contribution in [0.15, 0.2) is 34.7 Å². The number of rotatable bonds is 4. The molecule has 4 aliphatic rings. The second-order valence-corrected chi connectivity index (χ2v) is 10.3. The highest BCUT2D eigenvalue weighted by Gasteiger charge is 2.46. The third-order valence-corrected chi connectivity index (χ3v) is 7.07. The number of ketones is 1. The SMILES string of the molecule is CC1=C(C(=O)OC2CCCC2)C(c2cc3c(cc2[N+](=O)[O-])OCO3)C2=C(CC(C)(C)CC2=O)N1. The molecule has 0 aromatic heterocycles. The largest absolute Gasteiger partial charge is 0.459 e. The Morgan fingerprint density at radius 1 is 1.18 bits per heavy atom. The van der Waals surface area contributed by atoms with Gasteiger partial charge in [-0.3, -0.25) is 14.9 Å². The number of benzene rings is 1. The van der Waals surface area contributed by atoms with E-state index in [1.165, 1.54) is 12.1 Å². The first-order valence-corrected chi connectivity index (χ1v) is 11.7. The van der Waals surface area contributed by atoms with Crippen molar-refractivity contribution in [2.45, 2.75) is 71.3 Å². The summed E-state index contributed by atoms with van der Waals surface area (Å²) in [5.74, 6) is -0.979. The van der Waals surface area contributed by atoms with Crippen molar-refractivity contribution in [1.82, 2.24) is 5.32 Å². The van der Waals surface area contributed by atoms with Crippen molar-refractivity contribution in [2.24, 2.45) is 5.41 Å². The Morgan fingerprint density at radius 3 is 2.53 bits per heavy atom. The van der Waals surface area contributed by atoms with Crippen molar-refractivity contribution >= 4 is 17.4 Å². The zero-order valence-electron chi connectivity index (χ0n) is 19.6. The van der Waals surface area contributed by atoms with Gasteiger partial charge in [-0.1, -0.05) is 13.8 Å². The minimum absolute atomic E-state index is 0.0469. The molecule has 0 saturated heterocycles. The van der Waals surface area contributed by atoms with Gasteiger partial charge < -0.3 is 19.5 Å². The summed E-state index contributed by atoms with van der Waals surface area (Å²) in [6.45, 7) is 5.73. The summed E-state index contributed by atoms with van der Waals surface area (Å²) in [6.07, 6.45) is 4.26. The van der Waals surface area contributed by atoms with E-state index in [-0.39, 0.29) is 53.1 Å². The molecule has 1 N–H and O–H groups in total. The number of hydrogen-bond acceptors (Lipinski definition) is 8. The van der Waals surface area contributed by atoms with E-state index in [0.29, 0.717) is 29.1 Å². The minimum Gasteiger partial charge on any atom is -0.459 e. The van der Waals surface area contributed by atoms with Gasteiger partial charge in [0.05, 0.1) is 22.5 Å². The van der Waals surface area contributed by atoms with Gasteiger partial charge in [-0.25, -0.2) is 4.79 Å². The lowest BCUT2D eigenvalue weighted by atomic mass is 9.68. The van der Waals surface area contributed by atoms with Gasteiger partial charge in [0.25, 0.3) is 5.69 Å². The number of ether oxygens (including phenoxy) is 3. The normalized spacial score (nSPS) is 23.6. The molecular formula is C25H28N2O7. The molecule has 34 heavy (non-hydrogen) atoms. The molecule has 0 radical (unpaired) electrons. The lowest BCUT2D eigenvalue weighted by Crippen LogP contribution is -2.39. The van der Waals surface area contributed by atoms with Crippen LogP contribution in [0.2, 0.25) is 0 Å². The number of allylic oxidation sites excluding steroid dienone is 3. The molecule has 1 atom stereocenters. The summed E-state index contributed by atoms with van der Waals surface area (Å²) in [4.78, 5) is 38.6. The first-order chi connectivity index (χ1) is 16.1. The number of fused-ring (bicyclic) bond motifs is 1. The van der Waals surface area contributed by atoms with Crippen LogP contribution in [0.1, 0.15) is 70.8 Å². The average Bonchev–Trinajstić information content (AvgIpc) is 3.41. The Kier molecular flexibility index (Phi) is 5.37. The highest BCUT2D eigenvalue weighted by atomic mass is 16.7. The van der Waals surface area contributed by atoms with Crippen LogP contribution in [0.5, 0.6) is 11.5 Å². The van der Waals surface area contributed by atoms with Crippen LogP contribution in [0.25, 0.3) is 0 Å². The monoisotopic (exact) mass is 468 g/mol. The van der Waals surface area contributed by atoms with Crippen LogP contribution < -0.4 is 14.8 Å². The molecule has 5 rings (SSSR count). The summed E-state index contributed by atoms with van der Waals surface area (Å²) in [6, 6.07) is 2.84. The van der Waals surface area contributed by atoms with Crippen molar-refractivity contribution < 1.29 is 28.7 Å². The molecule has 2 aliphatic heterocycles. The topological polar surface area (TPSA) is 117 Å². The van der Waals surface area contributed by atoms with E-state index in [9.17, 15) is 19.7 Å². The maximum absolute atomic E-state index is 13.5. The van der Waals surface area contributed by atoms with Gasteiger partial charge >= 0.3 is 5.97 Å². The molecule has 9 heteroatoms. The fourth-order valence-electron chi connectivity index (χ4n) is 5.58. The van der Waals surface area contributed by atoms with Crippen molar-refractivity contribution in [3.05, 3.63) is 50.4 Å². The number of hydrogen-bond donors (Lipinski definition) is 1. The fraction of sp³-hybridized carbons (Fsp3) is 0.520. The van der Waals surface area contributed by atoms with E-state index in [4.69, 9.17) is 14.2 Å². The second kappa shape index (κ2) is 8.14. The third-order valence-electron chi connectivity index (χ3n) is 7.07. The first kappa shape index (κ1) is 22.4. The quantitative estimate of drug-likeness (QED) is 0.392. The molecular weight excluding hydrogens is 440 g/mol. The number of nitro benzene ring substituents is 1. The number of nitro groups is 1. The Labute approximate surface area is 197 Å². The summed E-state index contributed by atoms with van der Waals surface area (Å²) in [7, 11) is 0. The van der Waals surface area contributed by atoms with Crippen LogP contribution in [-0.2, 0) is 14.3 Å². The molecule has 180 valence electrons. The predicted octanol–water partition coefficient (Wildman–Crippen LogP) is 4.41. The van der Waals surface area contributed by atoms with Crippen LogP contribution in [0.3, 0.4) is 0 Å². The lowest BCUT2D eigenvalue weighted by molar-refractivity contribution is -0.385. The van der Waals surface area contributed by atoms with Gasteiger partial charge in [-0.15, -0.1) is 0 Å². The van der Waals surface area contributed by atoms with E-state index in [0.717, 1.165) is 25.7 Å². The molecule has 1 saturated carbocycles. The van der Waals surface area contributed by atoms with Crippen molar-refractivity contribution in [3.63, 3.8) is 0 Å². The Balaban J connectivity index is 1.68. The number of esters is 1. The number of carbonyl (C=O) groups excluding carboxylic acids is 2. The summed E-state index contributed by atoms with van der Waals surface area (Å²) in [5, 5.41) is 15.4. The van der Waals surface area contributed by atoms with Gasteiger partial charge in [0.1, 0.15) is 6.10 Å². The number of dihydropyridines is 1. The van der Waals surface area contributed by atoms with E-state index in [2.05, 4.69) is 5.32 Å². The first-order valence-electron chi connectivity index (χ1n) is 11.7. The van der Waals surface area contributed by atoms with Gasteiger partial charge in [0.2, 0.25) is 6.79 Å². The van der Waals surface area contributed by atoms with E-state index in [1.807, 2.05) is 13.8 Å². The summed E-state index contributed by atoms with van der Waals surface area (Å²) < 4.78 is 16.7. The molecule has 9 nitrogen and oxygen atoms in total. The molecule has 1 unspecified atom stereocenters. The number of nitrogens with one attached hydrogen (secondary N) is 1. The smallest absolute Gasteiger partial charge is 0.337 e. The number of Topliss-reactive ketones (excluding diaryl/α,β-unsaturated/α-hetero) is 1.